The second-order valence-electron chi connectivity index (χ2n) is 6.92. The highest BCUT2D eigenvalue weighted by Crippen LogP contribution is 2.44. The van der Waals surface area contributed by atoms with Gasteiger partial charge in [0.05, 0.1) is 25.7 Å². The fourth-order valence-electron chi connectivity index (χ4n) is 4.01. The van der Waals surface area contributed by atoms with Gasteiger partial charge in [-0.15, -0.1) is 0 Å². The van der Waals surface area contributed by atoms with Gasteiger partial charge in [-0.1, -0.05) is 25.0 Å². The third-order valence-electron chi connectivity index (χ3n) is 5.46. The highest BCUT2D eigenvalue weighted by molar-refractivity contribution is 5.89. The number of aliphatic carboxylic acids is 1. The summed E-state index contributed by atoms with van der Waals surface area (Å²) >= 11 is 0. The van der Waals surface area contributed by atoms with Gasteiger partial charge in [0.2, 0.25) is 5.91 Å². The molecule has 1 aromatic carbocycles. The summed E-state index contributed by atoms with van der Waals surface area (Å²) < 4.78 is 10.7. The molecular formula is C19H25NO5. The molecule has 0 spiro atoms. The first kappa shape index (κ1) is 17.7. The lowest BCUT2D eigenvalue weighted by molar-refractivity contribution is -0.161. The van der Waals surface area contributed by atoms with E-state index in [9.17, 15) is 14.7 Å². The summed E-state index contributed by atoms with van der Waals surface area (Å²) in [5, 5.41) is 9.20. The van der Waals surface area contributed by atoms with Crippen LogP contribution in [-0.2, 0) is 19.7 Å². The molecule has 2 fully saturated rings. The lowest BCUT2D eigenvalue weighted by Gasteiger charge is -2.38. The molecular weight excluding hydrogens is 322 g/mol. The van der Waals surface area contributed by atoms with Gasteiger partial charge < -0.3 is 19.5 Å². The highest BCUT2D eigenvalue weighted by atomic mass is 16.5. The predicted octanol–water partition coefficient (Wildman–Crippen LogP) is 2.13. The maximum atomic E-state index is 13.4. The van der Waals surface area contributed by atoms with E-state index in [0.717, 1.165) is 42.6 Å². The van der Waals surface area contributed by atoms with Crippen molar-refractivity contribution in [1.29, 1.82) is 0 Å². The van der Waals surface area contributed by atoms with Gasteiger partial charge in [0.15, 0.2) is 6.10 Å². The smallest absolute Gasteiger partial charge is 0.334 e. The van der Waals surface area contributed by atoms with Gasteiger partial charge >= 0.3 is 5.97 Å². The summed E-state index contributed by atoms with van der Waals surface area (Å²) in [6, 6.07) is 5.96. The summed E-state index contributed by atoms with van der Waals surface area (Å²) in [6.45, 7) is 2.79. The molecule has 0 aromatic heterocycles. The molecule has 1 amide bonds. The number of aryl methyl sites for hydroxylation is 1. The maximum absolute atomic E-state index is 13.4. The molecule has 1 aromatic rings. The number of carboxylic acid groups (broad SMARTS) is 1. The van der Waals surface area contributed by atoms with Crippen molar-refractivity contribution in [3.8, 4) is 5.75 Å². The molecule has 1 N–H and O–H groups in total. The first-order chi connectivity index (χ1) is 12.0. The molecule has 25 heavy (non-hydrogen) atoms. The van der Waals surface area contributed by atoms with Gasteiger partial charge in [0.25, 0.3) is 0 Å². The fraction of sp³-hybridized carbons (Fsp3) is 0.579. The molecule has 3 rings (SSSR count). The number of carbonyl (C=O) groups is 2. The highest BCUT2D eigenvalue weighted by Gasteiger charge is 2.46. The number of carbonyl (C=O) groups excluding carboxylic acids is 1. The van der Waals surface area contributed by atoms with Gasteiger partial charge in [-0.05, 0) is 37.0 Å². The van der Waals surface area contributed by atoms with E-state index in [1.807, 2.05) is 25.1 Å². The molecule has 1 atom stereocenters. The van der Waals surface area contributed by atoms with E-state index in [2.05, 4.69) is 0 Å². The Bertz CT molecular complexity index is 666. The summed E-state index contributed by atoms with van der Waals surface area (Å²) in [5.41, 5.74) is 1.42. The Labute approximate surface area is 147 Å². The number of carboxylic acids is 1. The van der Waals surface area contributed by atoms with Crippen molar-refractivity contribution < 1.29 is 24.2 Å². The van der Waals surface area contributed by atoms with E-state index >= 15 is 0 Å². The van der Waals surface area contributed by atoms with E-state index in [1.54, 1.807) is 12.0 Å². The molecule has 1 heterocycles. The molecule has 1 saturated carbocycles. The lowest BCUT2D eigenvalue weighted by atomic mass is 9.77. The van der Waals surface area contributed by atoms with Crippen LogP contribution in [0, 0.1) is 6.92 Å². The zero-order valence-electron chi connectivity index (χ0n) is 14.8. The standard InChI is InChI=1S/C19H25NO5/c1-13-5-6-14(11-15(13)24-2)19(7-3-4-8-19)18(23)20-9-10-25-16(12-20)17(21)22/h5-6,11,16H,3-4,7-10,12H2,1-2H3,(H,21,22)/t16-/m0/s1. The van der Waals surface area contributed by atoms with Crippen molar-refractivity contribution in [2.45, 2.75) is 44.1 Å². The normalized spacial score (nSPS) is 22.6. The number of morpholine rings is 1. The van der Waals surface area contributed by atoms with Gasteiger partial charge in [0.1, 0.15) is 5.75 Å². The summed E-state index contributed by atoms with van der Waals surface area (Å²) in [6.07, 6.45) is 2.62. The van der Waals surface area contributed by atoms with Crippen LogP contribution in [0.5, 0.6) is 5.75 Å². The summed E-state index contributed by atoms with van der Waals surface area (Å²) in [4.78, 5) is 26.3. The van der Waals surface area contributed by atoms with Crippen molar-refractivity contribution in [2.24, 2.45) is 0 Å². The molecule has 6 nitrogen and oxygen atoms in total. The topological polar surface area (TPSA) is 76.1 Å². The van der Waals surface area contributed by atoms with E-state index in [-0.39, 0.29) is 19.1 Å². The van der Waals surface area contributed by atoms with Crippen molar-refractivity contribution in [1.82, 2.24) is 4.90 Å². The van der Waals surface area contributed by atoms with E-state index in [4.69, 9.17) is 9.47 Å². The molecule has 0 radical (unpaired) electrons. The second-order valence-corrected chi connectivity index (χ2v) is 6.92. The quantitative estimate of drug-likeness (QED) is 0.903. The first-order valence-corrected chi connectivity index (χ1v) is 8.77. The number of hydrogen-bond donors (Lipinski definition) is 1. The number of ether oxygens (including phenoxy) is 2. The Morgan fingerprint density at radius 3 is 2.68 bits per heavy atom. The molecule has 1 saturated heterocycles. The number of hydrogen-bond acceptors (Lipinski definition) is 4. The zero-order valence-corrected chi connectivity index (χ0v) is 14.8. The minimum atomic E-state index is -1.02. The third-order valence-corrected chi connectivity index (χ3v) is 5.46. The number of benzene rings is 1. The van der Waals surface area contributed by atoms with Crippen LogP contribution in [0.25, 0.3) is 0 Å². The summed E-state index contributed by atoms with van der Waals surface area (Å²) in [7, 11) is 1.63. The van der Waals surface area contributed by atoms with Gasteiger partial charge in [-0.3, -0.25) is 4.79 Å². The molecule has 1 aliphatic carbocycles. The summed E-state index contributed by atoms with van der Waals surface area (Å²) in [5.74, 6) is -0.220. The largest absolute Gasteiger partial charge is 0.496 e. The molecule has 0 bridgehead atoms. The van der Waals surface area contributed by atoms with Crippen LogP contribution in [0.1, 0.15) is 36.8 Å². The zero-order chi connectivity index (χ0) is 18.0. The third kappa shape index (κ3) is 3.23. The SMILES string of the molecule is COc1cc(C2(C(=O)N3CCO[C@H](C(=O)O)C3)CCCC2)ccc1C. The molecule has 136 valence electrons. The average molecular weight is 347 g/mol. The predicted molar refractivity (Wildman–Crippen MR) is 91.8 cm³/mol. The van der Waals surface area contributed by atoms with Crippen LogP contribution in [0.15, 0.2) is 18.2 Å². The van der Waals surface area contributed by atoms with Crippen molar-refractivity contribution >= 4 is 11.9 Å². The number of amides is 1. The Balaban J connectivity index is 1.92. The van der Waals surface area contributed by atoms with Crippen LogP contribution < -0.4 is 4.74 Å². The Kier molecular flexibility index (Phi) is 4.99. The van der Waals surface area contributed by atoms with E-state index < -0.39 is 17.5 Å². The lowest BCUT2D eigenvalue weighted by Crippen LogP contribution is -2.54. The molecule has 0 unspecified atom stereocenters. The van der Waals surface area contributed by atoms with Gasteiger partial charge in [-0.2, -0.15) is 0 Å². The minimum absolute atomic E-state index is 0.0189. The first-order valence-electron chi connectivity index (χ1n) is 8.77. The van der Waals surface area contributed by atoms with Crippen LogP contribution in [0.2, 0.25) is 0 Å². The van der Waals surface area contributed by atoms with E-state index in [0.29, 0.717) is 6.54 Å². The number of rotatable bonds is 4. The number of methoxy groups -OCH3 is 1. The van der Waals surface area contributed by atoms with Crippen molar-refractivity contribution in [2.75, 3.05) is 26.8 Å². The molecule has 1 aliphatic heterocycles. The van der Waals surface area contributed by atoms with Crippen LogP contribution >= 0.6 is 0 Å². The Hall–Kier alpha value is -2.08. The van der Waals surface area contributed by atoms with Gasteiger partial charge in [0, 0.05) is 6.54 Å². The number of nitrogens with zero attached hydrogens (tertiary/aromatic N) is 1. The molecule has 6 heteroatoms. The van der Waals surface area contributed by atoms with Crippen molar-refractivity contribution in [3.05, 3.63) is 29.3 Å². The average Bonchev–Trinajstić information content (AvgIpc) is 3.12. The minimum Gasteiger partial charge on any atom is -0.496 e. The second kappa shape index (κ2) is 7.04. The van der Waals surface area contributed by atoms with Crippen LogP contribution in [0.4, 0.5) is 0 Å². The van der Waals surface area contributed by atoms with Crippen LogP contribution in [-0.4, -0.2) is 54.8 Å². The van der Waals surface area contributed by atoms with Crippen molar-refractivity contribution in [3.63, 3.8) is 0 Å². The Morgan fingerprint density at radius 2 is 2.04 bits per heavy atom. The maximum Gasteiger partial charge on any atom is 0.334 e. The molecule has 2 aliphatic rings. The Morgan fingerprint density at radius 1 is 1.32 bits per heavy atom. The monoisotopic (exact) mass is 347 g/mol. The fourth-order valence-corrected chi connectivity index (χ4v) is 4.01. The van der Waals surface area contributed by atoms with Gasteiger partial charge in [-0.25, -0.2) is 4.79 Å². The van der Waals surface area contributed by atoms with E-state index in [1.165, 1.54) is 0 Å². The van der Waals surface area contributed by atoms with Crippen LogP contribution in [0.3, 0.4) is 0 Å².